The first kappa shape index (κ1) is 20.7. The lowest BCUT2D eigenvalue weighted by molar-refractivity contribution is -0.903. The second-order valence-corrected chi connectivity index (χ2v) is 9.12. The first-order chi connectivity index (χ1) is 14.5. The number of carbonyl (C=O) groups is 1. The standard InChI is InChI=1S/C26H32N2O2/c1-18-12-19(2)15-27(14-18)17-25(29)26-20(3)28(16-21-8-6-5-7-9-21)24-11-10-22(30-4)13-23(24)26/h5-11,13,18-19H,12,14-17H2,1-4H3/p+1/t18-,19-/m1/s1. The van der Waals surface area contributed by atoms with Crippen molar-refractivity contribution < 1.29 is 14.4 Å². The molecule has 0 spiro atoms. The van der Waals surface area contributed by atoms with E-state index in [0.29, 0.717) is 18.4 Å². The van der Waals surface area contributed by atoms with Crippen molar-refractivity contribution in [3.8, 4) is 5.75 Å². The number of aromatic nitrogens is 1. The van der Waals surface area contributed by atoms with Gasteiger partial charge in [-0.25, -0.2) is 0 Å². The van der Waals surface area contributed by atoms with E-state index in [0.717, 1.165) is 47.5 Å². The van der Waals surface area contributed by atoms with Gasteiger partial charge in [0, 0.05) is 35.0 Å². The fourth-order valence-electron chi connectivity index (χ4n) is 5.29. The maximum Gasteiger partial charge on any atom is 0.219 e. The van der Waals surface area contributed by atoms with Gasteiger partial charge >= 0.3 is 0 Å². The number of Topliss-reactive ketones (excluding diaryl/α,β-unsaturated/α-hetero) is 1. The van der Waals surface area contributed by atoms with E-state index >= 15 is 0 Å². The molecular weight excluding hydrogens is 372 g/mol. The summed E-state index contributed by atoms with van der Waals surface area (Å²) in [5.41, 5.74) is 4.23. The molecule has 1 aromatic heterocycles. The highest BCUT2D eigenvalue weighted by molar-refractivity contribution is 6.10. The van der Waals surface area contributed by atoms with Crippen molar-refractivity contribution in [3.05, 3.63) is 65.4 Å². The van der Waals surface area contributed by atoms with Gasteiger partial charge in [0.15, 0.2) is 0 Å². The quantitative estimate of drug-likeness (QED) is 0.634. The Kier molecular flexibility index (Phi) is 5.96. The monoisotopic (exact) mass is 405 g/mol. The molecule has 2 atom stereocenters. The number of likely N-dealkylation sites (tertiary alicyclic amines) is 1. The third-order valence-electron chi connectivity index (χ3n) is 6.48. The van der Waals surface area contributed by atoms with Gasteiger partial charge in [0.2, 0.25) is 5.78 Å². The predicted molar refractivity (Wildman–Crippen MR) is 122 cm³/mol. The average molecular weight is 406 g/mol. The van der Waals surface area contributed by atoms with Gasteiger partial charge in [0.05, 0.1) is 25.8 Å². The minimum atomic E-state index is 0.244. The van der Waals surface area contributed by atoms with E-state index in [-0.39, 0.29) is 5.78 Å². The fourth-order valence-corrected chi connectivity index (χ4v) is 5.29. The summed E-state index contributed by atoms with van der Waals surface area (Å²) in [6.45, 7) is 10.2. The summed E-state index contributed by atoms with van der Waals surface area (Å²) in [7, 11) is 1.68. The maximum atomic E-state index is 13.6. The predicted octanol–water partition coefficient (Wildman–Crippen LogP) is 3.75. The molecular formula is C26H33N2O2+. The number of hydrogen-bond acceptors (Lipinski definition) is 2. The Balaban J connectivity index is 1.72. The maximum absolute atomic E-state index is 13.6. The molecule has 1 aliphatic rings. The van der Waals surface area contributed by atoms with Crippen LogP contribution in [0, 0.1) is 18.8 Å². The number of methoxy groups -OCH3 is 1. The Morgan fingerprint density at radius 1 is 1.10 bits per heavy atom. The number of nitrogens with zero attached hydrogens (tertiary/aromatic N) is 1. The molecule has 3 aromatic rings. The summed E-state index contributed by atoms with van der Waals surface area (Å²) < 4.78 is 7.75. The first-order valence-corrected chi connectivity index (χ1v) is 11.0. The molecule has 0 saturated carbocycles. The summed E-state index contributed by atoms with van der Waals surface area (Å²) in [6.07, 6.45) is 1.27. The molecule has 4 heteroatoms. The van der Waals surface area contributed by atoms with Crippen LogP contribution >= 0.6 is 0 Å². The molecule has 0 bridgehead atoms. The number of ether oxygens (including phenoxy) is 1. The molecule has 158 valence electrons. The molecule has 1 aliphatic heterocycles. The van der Waals surface area contributed by atoms with Gasteiger partial charge in [-0.05, 0) is 37.1 Å². The van der Waals surface area contributed by atoms with E-state index in [4.69, 9.17) is 4.74 Å². The Morgan fingerprint density at radius 3 is 2.47 bits per heavy atom. The van der Waals surface area contributed by atoms with Crippen molar-refractivity contribution in [2.45, 2.75) is 33.7 Å². The highest BCUT2D eigenvalue weighted by Gasteiger charge is 2.29. The van der Waals surface area contributed by atoms with Crippen LogP contribution in [-0.2, 0) is 6.54 Å². The van der Waals surface area contributed by atoms with Crippen LogP contribution in [0.15, 0.2) is 48.5 Å². The van der Waals surface area contributed by atoms with Crippen LogP contribution in [0.3, 0.4) is 0 Å². The number of hydrogen-bond donors (Lipinski definition) is 1. The number of ketones is 1. The van der Waals surface area contributed by atoms with E-state index in [9.17, 15) is 4.79 Å². The number of piperidine rings is 1. The Bertz CT molecular complexity index is 1030. The zero-order valence-corrected chi connectivity index (χ0v) is 18.6. The summed E-state index contributed by atoms with van der Waals surface area (Å²) in [4.78, 5) is 15.0. The zero-order valence-electron chi connectivity index (χ0n) is 18.6. The molecule has 1 saturated heterocycles. The lowest BCUT2D eigenvalue weighted by Crippen LogP contribution is -3.15. The van der Waals surface area contributed by atoms with Crippen molar-refractivity contribution in [1.29, 1.82) is 0 Å². The van der Waals surface area contributed by atoms with Crippen LogP contribution in [0.1, 0.15) is 41.9 Å². The first-order valence-electron chi connectivity index (χ1n) is 11.0. The van der Waals surface area contributed by atoms with Crippen molar-refractivity contribution in [2.75, 3.05) is 26.7 Å². The lowest BCUT2D eigenvalue weighted by Gasteiger charge is -2.31. The van der Waals surface area contributed by atoms with Crippen LogP contribution in [0.5, 0.6) is 5.75 Å². The highest BCUT2D eigenvalue weighted by Crippen LogP contribution is 2.30. The molecule has 4 nitrogen and oxygen atoms in total. The molecule has 0 aliphatic carbocycles. The van der Waals surface area contributed by atoms with Gasteiger partial charge in [-0.2, -0.15) is 0 Å². The van der Waals surface area contributed by atoms with Crippen molar-refractivity contribution in [3.63, 3.8) is 0 Å². The molecule has 0 radical (unpaired) electrons. The van der Waals surface area contributed by atoms with E-state index < -0.39 is 0 Å². The number of benzene rings is 2. The van der Waals surface area contributed by atoms with Crippen LogP contribution in [0.2, 0.25) is 0 Å². The molecule has 30 heavy (non-hydrogen) atoms. The van der Waals surface area contributed by atoms with Gasteiger partial charge in [0.1, 0.15) is 12.3 Å². The fraction of sp³-hybridized carbons (Fsp3) is 0.423. The molecule has 2 heterocycles. The normalized spacial score (nSPS) is 21.7. The second-order valence-electron chi connectivity index (χ2n) is 9.12. The van der Waals surface area contributed by atoms with E-state index in [1.54, 1.807) is 7.11 Å². The smallest absolute Gasteiger partial charge is 0.219 e. The van der Waals surface area contributed by atoms with Gasteiger partial charge in [-0.3, -0.25) is 4.79 Å². The number of rotatable bonds is 6. The van der Waals surface area contributed by atoms with Gasteiger partial charge < -0.3 is 14.2 Å². The van der Waals surface area contributed by atoms with Crippen LogP contribution in [0.4, 0.5) is 0 Å². The SMILES string of the molecule is COc1ccc2c(c1)c(C(=O)C[NH+]1C[C@H](C)C[C@@H](C)C1)c(C)n2Cc1ccccc1. The lowest BCUT2D eigenvalue weighted by atomic mass is 9.91. The summed E-state index contributed by atoms with van der Waals surface area (Å²) in [5.74, 6) is 2.39. The van der Waals surface area contributed by atoms with Crippen molar-refractivity contribution in [2.24, 2.45) is 11.8 Å². The van der Waals surface area contributed by atoms with Gasteiger partial charge in [-0.1, -0.05) is 44.2 Å². The molecule has 0 amide bonds. The van der Waals surface area contributed by atoms with Gasteiger partial charge in [-0.15, -0.1) is 0 Å². The number of fused-ring (bicyclic) bond motifs is 1. The van der Waals surface area contributed by atoms with E-state index in [1.807, 2.05) is 18.2 Å². The second kappa shape index (κ2) is 8.65. The topological polar surface area (TPSA) is 35.7 Å². The van der Waals surface area contributed by atoms with E-state index in [2.05, 4.69) is 55.7 Å². The number of carbonyl (C=O) groups excluding carboxylic acids is 1. The highest BCUT2D eigenvalue weighted by atomic mass is 16.5. The molecule has 1 N–H and O–H groups in total. The average Bonchev–Trinajstić information content (AvgIpc) is 2.98. The number of quaternary nitrogens is 1. The molecule has 1 fully saturated rings. The Hall–Kier alpha value is -2.59. The summed E-state index contributed by atoms with van der Waals surface area (Å²) in [6, 6.07) is 16.5. The molecule has 0 unspecified atom stereocenters. The largest absolute Gasteiger partial charge is 0.497 e. The van der Waals surface area contributed by atoms with Crippen molar-refractivity contribution in [1.82, 2.24) is 4.57 Å². The third kappa shape index (κ3) is 4.15. The number of nitrogens with one attached hydrogen (secondary N) is 1. The van der Waals surface area contributed by atoms with Crippen molar-refractivity contribution >= 4 is 16.7 Å². The molecule has 2 aromatic carbocycles. The minimum absolute atomic E-state index is 0.244. The minimum Gasteiger partial charge on any atom is -0.497 e. The zero-order chi connectivity index (χ0) is 21.3. The van der Waals surface area contributed by atoms with Crippen LogP contribution < -0.4 is 9.64 Å². The van der Waals surface area contributed by atoms with E-state index in [1.165, 1.54) is 16.9 Å². The Morgan fingerprint density at radius 2 is 1.80 bits per heavy atom. The third-order valence-corrected chi connectivity index (χ3v) is 6.48. The van der Waals surface area contributed by atoms with Gasteiger partial charge in [0.25, 0.3) is 0 Å². The summed E-state index contributed by atoms with van der Waals surface area (Å²) in [5, 5.41) is 1.00. The van der Waals surface area contributed by atoms with Crippen LogP contribution in [-0.4, -0.2) is 37.1 Å². The van der Waals surface area contributed by atoms with Crippen LogP contribution in [0.25, 0.3) is 10.9 Å². The Labute approximate surface area is 179 Å². The molecule has 4 rings (SSSR count). The summed E-state index contributed by atoms with van der Waals surface area (Å²) >= 11 is 0.